The summed E-state index contributed by atoms with van der Waals surface area (Å²) in [6, 6.07) is 15.8. The first-order valence-electron chi connectivity index (χ1n) is 7.60. The molecule has 0 heterocycles. The summed E-state index contributed by atoms with van der Waals surface area (Å²) in [5.74, 6) is -0.0159. The number of carbonyl (C=O) groups excluding carboxylic acids is 1. The third kappa shape index (κ3) is 4.35. The van der Waals surface area contributed by atoms with Crippen LogP contribution in [0, 0.1) is 0 Å². The Morgan fingerprint density at radius 2 is 1.68 bits per heavy atom. The molecule has 2 aromatic carbocycles. The fraction of sp³-hybridized carbons (Fsp3) is 0.316. The first-order chi connectivity index (χ1) is 10.4. The lowest BCUT2D eigenvalue weighted by Crippen LogP contribution is -2.14. The van der Waals surface area contributed by atoms with Crippen molar-refractivity contribution in [1.29, 1.82) is 0 Å². The molecule has 22 heavy (non-hydrogen) atoms. The highest BCUT2D eigenvalue weighted by atomic mass is 16.1. The summed E-state index contributed by atoms with van der Waals surface area (Å²) in [7, 11) is 0. The minimum Gasteiger partial charge on any atom is -0.397 e. The van der Waals surface area contributed by atoms with E-state index in [1.807, 2.05) is 18.2 Å². The van der Waals surface area contributed by atoms with Crippen molar-refractivity contribution in [1.82, 2.24) is 0 Å². The zero-order chi connectivity index (χ0) is 16.2. The molecule has 0 saturated heterocycles. The fourth-order valence-corrected chi connectivity index (χ4v) is 2.25. The van der Waals surface area contributed by atoms with Crippen LogP contribution in [0.15, 0.2) is 48.5 Å². The van der Waals surface area contributed by atoms with E-state index in [4.69, 9.17) is 5.73 Å². The number of para-hydroxylation sites is 2. The van der Waals surface area contributed by atoms with E-state index >= 15 is 0 Å². The average Bonchev–Trinajstić information content (AvgIpc) is 2.47. The molecule has 0 atom stereocenters. The third-order valence-corrected chi connectivity index (χ3v) is 3.70. The van der Waals surface area contributed by atoms with E-state index in [1.165, 1.54) is 11.1 Å². The summed E-state index contributed by atoms with van der Waals surface area (Å²) in [4.78, 5) is 12.0. The van der Waals surface area contributed by atoms with E-state index in [0.29, 0.717) is 17.8 Å². The number of nitrogen functional groups attached to an aromatic ring is 1. The second kappa shape index (κ2) is 6.65. The van der Waals surface area contributed by atoms with Crippen molar-refractivity contribution in [2.45, 2.75) is 39.0 Å². The van der Waals surface area contributed by atoms with Crippen LogP contribution >= 0.6 is 0 Å². The predicted octanol–water partition coefficient (Wildman–Crippen LogP) is 4.14. The minimum atomic E-state index is -0.0159. The Morgan fingerprint density at radius 1 is 1.05 bits per heavy atom. The van der Waals surface area contributed by atoms with Crippen LogP contribution in [0.3, 0.4) is 0 Å². The first kappa shape index (κ1) is 16.1. The highest BCUT2D eigenvalue weighted by molar-refractivity contribution is 5.93. The number of nitrogens with two attached hydrogens (primary N) is 1. The van der Waals surface area contributed by atoms with Crippen LogP contribution in [0.5, 0.6) is 0 Å². The summed E-state index contributed by atoms with van der Waals surface area (Å²) in [5, 5.41) is 2.85. The van der Waals surface area contributed by atoms with Crippen LogP contribution in [-0.2, 0) is 16.6 Å². The largest absolute Gasteiger partial charge is 0.397 e. The van der Waals surface area contributed by atoms with E-state index in [9.17, 15) is 4.79 Å². The number of nitrogens with one attached hydrogen (secondary N) is 1. The molecule has 3 heteroatoms. The van der Waals surface area contributed by atoms with Gasteiger partial charge < -0.3 is 11.1 Å². The second-order valence-corrected chi connectivity index (χ2v) is 6.58. The van der Waals surface area contributed by atoms with Crippen molar-refractivity contribution >= 4 is 17.3 Å². The molecule has 3 N–H and O–H groups in total. The molecule has 0 saturated carbocycles. The molecule has 0 spiro atoms. The predicted molar refractivity (Wildman–Crippen MR) is 92.9 cm³/mol. The van der Waals surface area contributed by atoms with Gasteiger partial charge in [-0.3, -0.25) is 4.79 Å². The lowest BCUT2D eigenvalue weighted by Gasteiger charge is -2.19. The molecule has 0 aromatic heterocycles. The Hall–Kier alpha value is -2.29. The van der Waals surface area contributed by atoms with Gasteiger partial charge >= 0.3 is 0 Å². The average molecular weight is 296 g/mol. The number of amides is 1. The number of carbonyl (C=O) groups is 1. The maximum Gasteiger partial charge on any atom is 0.224 e. The van der Waals surface area contributed by atoms with E-state index in [0.717, 1.165) is 6.42 Å². The second-order valence-electron chi connectivity index (χ2n) is 6.58. The standard InChI is InChI=1S/C19H24N2O/c1-19(2,3)15-11-8-14(9-12-15)10-13-18(22)21-17-7-5-4-6-16(17)20/h4-9,11-12H,10,13,20H2,1-3H3,(H,21,22). The summed E-state index contributed by atoms with van der Waals surface area (Å²) in [6.07, 6.45) is 1.17. The molecule has 116 valence electrons. The maximum absolute atomic E-state index is 12.0. The summed E-state index contributed by atoms with van der Waals surface area (Å²) in [6.45, 7) is 6.58. The topological polar surface area (TPSA) is 55.1 Å². The van der Waals surface area contributed by atoms with Crippen LogP contribution in [0.1, 0.15) is 38.3 Å². The quantitative estimate of drug-likeness (QED) is 0.833. The lowest BCUT2D eigenvalue weighted by atomic mass is 9.86. The van der Waals surface area contributed by atoms with Gasteiger partial charge in [-0.05, 0) is 35.1 Å². The number of hydrogen-bond acceptors (Lipinski definition) is 2. The molecule has 0 bridgehead atoms. The van der Waals surface area contributed by atoms with Crippen molar-refractivity contribution in [2.24, 2.45) is 0 Å². The Bertz CT molecular complexity index is 639. The normalized spacial score (nSPS) is 11.2. The van der Waals surface area contributed by atoms with E-state index in [2.05, 4.69) is 50.4 Å². The Labute approximate surface area is 132 Å². The molecule has 2 rings (SSSR count). The van der Waals surface area contributed by atoms with Gasteiger partial charge in [0.05, 0.1) is 11.4 Å². The zero-order valence-electron chi connectivity index (χ0n) is 13.5. The van der Waals surface area contributed by atoms with Crippen LogP contribution in [0.4, 0.5) is 11.4 Å². The van der Waals surface area contributed by atoms with Gasteiger partial charge in [-0.2, -0.15) is 0 Å². The monoisotopic (exact) mass is 296 g/mol. The maximum atomic E-state index is 12.0. The molecular formula is C19H24N2O. The van der Waals surface area contributed by atoms with Crippen molar-refractivity contribution in [3.05, 3.63) is 59.7 Å². The van der Waals surface area contributed by atoms with Gasteiger partial charge in [-0.25, -0.2) is 0 Å². The van der Waals surface area contributed by atoms with Crippen molar-refractivity contribution < 1.29 is 4.79 Å². The zero-order valence-corrected chi connectivity index (χ0v) is 13.5. The number of rotatable bonds is 4. The van der Waals surface area contributed by atoms with Crippen molar-refractivity contribution in [3.63, 3.8) is 0 Å². The highest BCUT2D eigenvalue weighted by Crippen LogP contribution is 2.22. The van der Waals surface area contributed by atoms with Gasteiger partial charge in [0.2, 0.25) is 5.91 Å². The van der Waals surface area contributed by atoms with Crippen molar-refractivity contribution in [2.75, 3.05) is 11.1 Å². The van der Waals surface area contributed by atoms with Crippen molar-refractivity contribution in [3.8, 4) is 0 Å². The smallest absolute Gasteiger partial charge is 0.224 e. The minimum absolute atomic E-state index is 0.0159. The molecule has 0 aliphatic rings. The molecule has 0 aliphatic carbocycles. The molecule has 1 amide bonds. The molecule has 0 aliphatic heterocycles. The third-order valence-electron chi connectivity index (χ3n) is 3.70. The van der Waals surface area contributed by atoms with E-state index < -0.39 is 0 Å². The number of benzene rings is 2. The molecular weight excluding hydrogens is 272 g/mol. The molecule has 0 unspecified atom stereocenters. The highest BCUT2D eigenvalue weighted by Gasteiger charge is 2.13. The number of hydrogen-bond donors (Lipinski definition) is 2. The Kier molecular flexibility index (Phi) is 4.86. The van der Waals surface area contributed by atoms with Gasteiger partial charge in [0.15, 0.2) is 0 Å². The van der Waals surface area contributed by atoms with E-state index in [-0.39, 0.29) is 11.3 Å². The summed E-state index contributed by atoms with van der Waals surface area (Å²) < 4.78 is 0. The Morgan fingerprint density at radius 3 is 2.27 bits per heavy atom. The lowest BCUT2D eigenvalue weighted by molar-refractivity contribution is -0.116. The van der Waals surface area contributed by atoms with Gasteiger partial charge in [-0.1, -0.05) is 57.2 Å². The van der Waals surface area contributed by atoms with E-state index in [1.54, 1.807) is 6.07 Å². The van der Waals surface area contributed by atoms with Crippen LogP contribution in [0.25, 0.3) is 0 Å². The van der Waals surface area contributed by atoms with Gasteiger partial charge in [0.25, 0.3) is 0 Å². The fourth-order valence-electron chi connectivity index (χ4n) is 2.25. The molecule has 0 radical (unpaired) electrons. The number of anilines is 2. The molecule has 0 fully saturated rings. The van der Waals surface area contributed by atoms with Gasteiger partial charge in [0.1, 0.15) is 0 Å². The van der Waals surface area contributed by atoms with Gasteiger partial charge in [0, 0.05) is 6.42 Å². The molecule has 3 nitrogen and oxygen atoms in total. The Balaban J connectivity index is 1.90. The summed E-state index contributed by atoms with van der Waals surface area (Å²) >= 11 is 0. The number of aryl methyl sites for hydroxylation is 1. The first-order valence-corrected chi connectivity index (χ1v) is 7.60. The van der Waals surface area contributed by atoms with Crippen LogP contribution in [-0.4, -0.2) is 5.91 Å². The van der Waals surface area contributed by atoms with Crippen LogP contribution < -0.4 is 11.1 Å². The van der Waals surface area contributed by atoms with Crippen LogP contribution in [0.2, 0.25) is 0 Å². The summed E-state index contributed by atoms with van der Waals surface area (Å²) in [5.41, 5.74) is 9.71. The van der Waals surface area contributed by atoms with Gasteiger partial charge in [-0.15, -0.1) is 0 Å². The SMILES string of the molecule is CC(C)(C)c1ccc(CCC(=O)Nc2ccccc2N)cc1. The molecule has 2 aromatic rings.